The van der Waals surface area contributed by atoms with Crippen molar-refractivity contribution < 1.29 is 15.3 Å². The van der Waals surface area contributed by atoms with E-state index in [1.165, 1.54) is 0 Å². The van der Waals surface area contributed by atoms with E-state index in [9.17, 15) is 15.3 Å². The first-order chi connectivity index (χ1) is 9.07. The van der Waals surface area contributed by atoms with Gasteiger partial charge in [0.05, 0.1) is 11.7 Å². The average molecular weight is 266 g/mol. The number of hydrogen-bond donors (Lipinski definition) is 5. The molecular formula is C14H22N2O3. The van der Waals surface area contributed by atoms with Gasteiger partial charge in [0.25, 0.3) is 0 Å². The van der Waals surface area contributed by atoms with Gasteiger partial charge in [-0.1, -0.05) is 24.3 Å². The van der Waals surface area contributed by atoms with E-state index in [0.717, 1.165) is 18.7 Å². The van der Waals surface area contributed by atoms with E-state index in [-0.39, 0.29) is 6.54 Å². The average Bonchev–Trinajstić information content (AvgIpc) is 2.46. The van der Waals surface area contributed by atoms with Gasteiger partial charge in [0.2, 0.25) is 0 Å². The zero-order valence-electron chi connectivity index (χ0n) is 10.9. The molecule has 5 heteroatoms. The predicted octanol–water partition coefficient (Wildman–Crippen LogP) is -0.389. The number of aliphatic hydroxyl groups is 3. The van der Waals surface area contributed by atoms with Gasteiger partial charge in [-0.05, 0) is 37.1 Å². The molecule has 2 unspecified atom stereocenters. The molecule has 2 atom stereocenters. The van der Waals surface area contributed by atoms with Gasteiger partial charge in [0, 0.05) is 6.54 Å². The Hall–Kier alpha value is -0.980. The van der Waals surface area contributed by atoms with Crippen LogP contribution in [0.5, 0.6) is 0 Å². The Balaban J connectivity index is 2.14. The zero-order chi connectivity index (χ0) is 13.9. The molecule has 1 aliphatic rings. The number of hydrogen-bond acceptors (Lipinski definition) is 5. The second-order valence-electron chi connectivity index (χ2n) is 5.15. The number of nitrogens with two attached hydrogens (primary N) is 1. The maximum Gasteiger partial charge on any atom is 0.106 e. The summed E-state index contributed by atoms with van der Waals surface area (Å²) in [7, 11) is 0. The van der Waals surface area contributed by atoms with E-state index in [1.807, 2.05) is 12.1 Å². The number of piperidine rings is 1. The molecule has 0 saturated carbocycles. The molecule has 106 valence electrons. The summed E-state index contributed by atoms with van der Waals surface area (Å²) in [5.41, 5.74) is 6.00. The molecule has 0 aliphatic carbocycles. The highest BCUT2D eigenvalue weighted by molar-refractivity contribution is 5.29. The lowest BCUT2D eigenvalue weighted by Gasteiger charge is -2.33. The minimum atomic E-state index is -0.985. The number of rotatable bonds is 4. The van der Waals surface area contributed by atoms with Gasteiger partial charge in [-0.2, -0.15) is 0 Å². The van der Waals surface area contributed by atoms with Crippen molar-refractivity contribution in [1.29, 1.82) is 0 Å². The molecule has 1 aliphatic heterocycles. The van der Waals surface area contributed by atoms with Crippen LogP contribution in [-0.2, 0) is 5.60 Å². The number of benzene rings is 1. The van der Waals surface area contributed by atoms with Gasteiger partial charge in [-0.3, -0.25) is 0 Å². The van der Waals surface area contributed by atoms with Crippen LogP contribution in [-0.4, -0.2) is 41.1 Å². The Morgan fingerprint density at radius 1 is 1.16 bits per heavy atom. The van der Waals surface area contributed by atoms with Crippen LogP contribution in [0.3, 0.4) is 0 Å². The molecule has 19 heavy (non-hydrogen) atoms. The summed E-state index contributed by atoms with van der Waals surface area (Å²) in [4.78, 5) is 0. The van der Waals surface area contributed by atoms with E-state index < -0.39 is 17.8 Å². The fraction of sp³-hybridized carbons (Fsp3) is 0.571. The summed E-state index contributed by atoms with van der Waals surface area (Å²) >= 11 is 0. The van der Waals surface area contributed by atoms with Crippen LogP contribution in [0.25, 0.3) is 0 Å². The lowest BCUT2D eigenvalue weighted by molar-refractivity contribution is 0.00559. The lowest BCUT2D eigenvalue weighted by Crippen LogP contribution is -2.39. The van der Waals surface area contributed by atoms with Crippen molar-refractivity contribution in [3.8, 4) is 0 Å². The topological polar surface area (TPSA) is 98.7 Å². The van der Waals surface area contributed by atoms with Crippen molar-refractivity contribution in [3.63, 3.8) is 0 Å². The zero-order valence-corrected chi connectivity index (χ0v) is 10.9. The van der Waals surface area contributed by atoms with Crippen LogP contribution in [0.15, 0.2) is 24.3 Å². The predicted molar refractivity (Wildman–Crippen MR) is 72.5 cm³/mol. The highest BCUT2D eigenvalue weighted by atomic mass is 16.3. The van der Waals surface area contributed by atoms with Gasteiger partial charge in [0.15, 0.2) is 0 Å². The monoisotopic (exact) mass is 266 g/mol. The van der Waals surface area contributed by atoms with Crippen LogP contribution in [0.2, 0.25) is 0 Å². The van der Waals surface area contributed by atoms with Crippen molar-refractivity contribution in [2.45, 2.75) is 30.7 Å². The molecule has 6 N–H and O–H groups in total. The smallest absolute Gasteiger partial charge is 0.106 e. The van der Waals surface area contributed by atoms with Gasteiger partial charge >= 0.3 is 0 Å². The summed E-state index contributed by atoms with van der Waals surface area (Å²) in [6.45, 7) is 1.61. The Morgan fingerprint density at radius 2 is 1.74 bits per heavy atom. The van der Waals surface area contributed by atoms with Gasteiger partial charge < -0.3 is 26.4 Å². The molecule has 2 rings (SSSR count). The van der Waals surface area contributed by atoms with Crippen molar-refractivity contribution in [3.05, 3.63) is 35.4 Å². The lowest BCUT2D eigenvalue weighted by atomic mass is 9.84. The molecule has 0 bridgehead atoms. The standard InChI is InChI=1S/C14H22N2O3/c15-9-12(17)13(18)10-1-3-11(4-2-10)14(19)5-7-16-8-6-14/h1-4,12-13,16-19H,5-9,15H2. The highest BCUT2D eigenvalue weighted by Gasteiger charge is 2.31. The Bertz CT molecular complexity index is 402. The third kappa shape index (κ3) is 3.13. The third-order valence-electron chi connectivity index (χ3n) is 3.83. The fourth-order valence-electron chi connectivity index (χ4n) is 2.47. The highest BCUT2D eigenvalue weighted by Crippen LogP contribution is 2.31. The third-order valence-corrected chi connectivity index (χ3v) is 3.83. The SMILES string of the molecule is NCC(O)C(O)c1ccc(C2(O)CCNCC2)cc1. The molecular weight excluding hydrogens is 244 g/mol. The van der Waals surface area contributed by atoms with Crippen LogP contribution < -0.4 is 11.1 Å². The van der Waals surface area contributed by atoms with Crippen LogP contribution in [0.1, 0.15) is 30.1 Å². The number of nitrogens with one attached hydrogen (secondary N) is 1. The molecule has 0 amide bonds. The molecule has 1 fully saturated rings. The molecule has 1 saturated heterocycles. The maximum absolute atomic E-state index is 10.6. The quantitative estimate of drug-likeness (QED) is 0.511. The molecule has 0 spiro atoms. The van der Waals surface area contributed by atoms with E-state index in [4.69, 9.17) is 5.73 Å². The van der Waals surface area contributed by atoms with Gasteiger partial charge in [-0.15, -0.1) is 0 Å². The maximum atomic E-state index is 10.6. The van der Waals surface area contributed by atoms with Crippen molar-refractivity contribution in [1.82, 2.24) is 5.32 Å². The normalized spacial score (nSPS) is 21.9. The Kier molecular flexibility index (Phi) is 4.54. The van der Waals surface area contributed by atoms with Crippen molar-refractivity contribution >= 4 is 0 Å². The summed E-state index contributed by atoms with van der Waals surface area (Å²) in [5, 5.41) is 33.1. The first-order valence-electron chi connectivity index (χ1n) is 6.66. The largest absolute Gasteiger partial charge is 0.389 e. The van der Waals surface area contributed by atoms with E-state index in [1.54, 1.807) is 12.1 Å². The Labute approximate surface area is 113 Å². The second-order valence-corrected chi connectivity index (χ2v) is 5.15. The summed E-state index contributed by atoms with van der Waals surface area (Å²) < 4.78 is 0. The summed E-state index contributed by atoms with van der Waals surface area (Å²) in [5.74, 6) is 0. The molecule has 0 aromatic heterocycles. The van der Waals surface area contributed by atoms with Crippen LogP contribution in [0, 0.1) is 0 Å². The minimum absolute atomic E-state index is 0.0124. The van der Waals surface area contributed by atoms with E-state index in [2.05, 4.69) is 5.32 Å². The van der Waals surface area contributed by atoms with Gasteiger partial charge in [0.1, 0.15) is 6.10 Å². The Morgan fingerprint density at radius 3 is 2.26 bits per heavy atom. The van der Waals surface area contributed by atoms with Gasteiger partial charge in [-0.25, -0.2) is 0 Å². The first kappa shape index (κ1) is 14.4. The summed E-state index contributed by atoms with van der Waals surface area (Å²) in [6.07, 6.45) is -0.588. The van der Waals surface area contributed by atoms with E-state index >= 15 is 0 Å². The van der Waals surface area contributed by atoms with Crippen LogP contribution >= 0.6 is 0 Å². The molecule has 0 radical (unpaired) electrons. The summed E-state index contributed by atoms with van der Waals surface area (Å²) in [6, 6.07) is 7.10. The first-order valence-corrected chi connectivity index (χ1v) is 6.66. The minimum Gasteiger partial charge on any atom is -0.389 e. The molecule has 1 heterocycles. The van der Waals surface area contributed by atoms with E-state index in [0.29, 0.717) is 18.4 Å². The molecule has 1 aromatic carbocycles. The number of aliphatic hydroxyl groups excluding tert-OH is 2. The van der Waals surface area contributed by atoms with Crippen molar-refractivity contribution in [2.24, 2.45) is 5.73 Å². The second kappa shape index (κ2) is 5.98. The molecule has 5 nitrogen and oxygen atoms in total. The molecule has 1 aromatic rings. The fourth-order valence-corrected chi connectivity index (χ4v) is 2.47. The van der Waals surface area contributed by atoms with Crippen LogP contribution in [0.4, 0.5) is 0 Å². The van der Waals surface area contributed by atoms with Crippen molar-refractivity contribution in [2.75, 3.05) is 19.6 Å².